The number of thioether (sulfide) groups is 1. The van der Waals surface area contributed by atoms with Gasteiger partial charge in [-0.3, -0.25) is 4.79 Å². The third-order valence-corrected chi connectivity index (χ3v) is 5.57. The van der Waals surface area contributed by atoms with Crippen molar-refractivity contribution in [2.75, 3.05) is 19.1 Å². The van der Waals surface area contributed by atoms with Crippen LogP contribution >= 0.6 is 34.7 Å². The number of ether oxygens (including phenoxy) is 1. The Hall–Kier alpha value is -1.76. The minimum Gasteiger partial charge on any atom is -0.496 e. The average Bonchev–Trinajstić information content (AvgIpc) is 2.95. The fraction of sp³-hybridized carbons (Fsp3) is 0.222. The van der Waals surface area contributed by atoms with Crippen LogP contribution in [0.15, 0.2) is 47.5 Å². The van der Waals surface area contributed by atoms with Crippen LogP contribution in [0.2, 0.25) is 5.02 Å². The zero-order valence-corrected chi connectivity index (χ0v) is 16.2. The van der Waals surface area contributed by atoms with E-state index in [-0.39, 0.29) is 5.91 Å². The van der Waals surface area contributed by atoms with Crippen molar-refractivity contribution in [2.45, 2.75) is 6.54 Å². The van der Waals surface area contributed by atoms with Gasteiger partial charge in [0.2, 0.25) is 0 Å². The molecule has 0 aliphatic rings. The number of fused-ring (bicyclic) bond motifs is 1. The summed E-state index contributed by atoms with van der Waals surface area (Å²) in [6.45, 7) is 0.779. The molecule has 130 valence electrons. The summed E-state index contributed by atoms with van der Waals surface area (Å²) in [6, 6.07) is 12.9. The minimum atomic E-state index is -0.312. The molecule has 0 bridgehead atoms. The Morgan fingerprint density at radius 2 is 2.12 bits per heavy atom. The molecule has 0 saturated carbocycles. The van der Waals surface area contributed by atoms with Gasteiger partial charge >= 0.3 is 0 Å². The lowest BCUT2D eigenvalue weighted by atomic mass is 10.2. The molecular weight excluding hydrogens is 376 g/mol. The third kappa shape index (κ3) is 3.92. The number of aromatic nitrogens is 1. The van der Waals surface area contributed by atoms with E-state index >= 15 is 0 Å². The highest BCUT2D eigenvalue weighted by atomic mass is 35.5. The topological polar surface area (TPSA) is 43.6 Å². The summed E-state index contributed by atoms with van der Waals surface area (Å²) in [6.07, 6.45) is 2.06. The molecule has 1 aromatic heterocycles. The van der Waals surface area contributed by atoms with Gasteiger partial charge in [-0.15, -0.1) is 0 Å². The van der Waals surface area contributed by atoms with Gasteiger partial charge in [-0.05, 0) is 36.6 Å². The molecule has 1 amide bonds. The van der Waals surface area contributed by atoms with Crippen molar-refractivity contribution in [1.82, 2.24) is 4.57 Å². The first-order chi connectivity index (χ1) is 12.1. The molecule has 0 saturated heterocycles. The maximum atomic E-state index is 12.7. The maximum absolute atomic E-state index is 12.7. The number of aryl methyl sites for hydroxylation is 1. The normalized spacial score (nSPS) is 11.9. The molecule has 0 fully saturated rings. The van der Waals surface area contributed by atoms with Crippen molar-refractivity contribution >= 4 is 50.8 Å². The molecule has 0 atom stereocenters. The van der Waals surface area contributed by atoms with Gasteiger partial charge < -0.3 is 9.30 Å². The molecule has 3 rings (SSSR count). The zero-order valence-electron chi connectivity index (χ0n) is 13.9. The number of benzene rings is 2. The molecule has 7 heteroatoms. The average molecular weight is 393 g/mol. The van der Waals surface area contributed by atoms with Crippen LogP contribution in [0.3, 0.4) is 0 Å². The van der Waals surface area contributed by atoms with Gasteiger partial charge in [0.25, 0.3) is 5.91 Å². The number of nitrogens with zero attached hydrogens (tertiary/aromatic N) is 2. The molecule has 0 radical (unpaired) electrons. The number of methoxy groups -OCH3 is 1. The standard InChI is InChI=1S/C18H17ClN2O2S2/c1-23-15-6-4-3-5-13(15)17(22)20-18-21(9-10-24-2)14-8-7-12(19)11-16(14)25-18/h3-8,11H,9-10H2,1-2H3. The van der Waals surface area contributed by atoms with Gasteiger partial charge in [0, 0.05) is 17.3 Å². The number of amides is 1. The number of thiazole rings is 1. The first-order valence-corrected chi connectivity index (χ1v) is 10.2. The molecule has 0 spiro atoms. The predicted octanol–water partition coefficient (Wildman–Crippen LogP) is 4.47. The van der Waals surface area contributed by atoms with Crippen molar-refractivity contribution in [3.05, 3.63) is 57.9 Å². The highest BCUT2D eigenvalue weighted by Gasteiger charge is 2.13. The molecule has 1 heterocycles. The van der Waals surface area contributed by atoms with Crippen LogP contribution in [0, 0.1) is 0 Å². The lowest BCUT2D eigenvalue weighted by Crippen LogP contribution is -2.18. The summed E-state index contributed by atoms with van der Waals surface area (Å²) in [5, 5.41) is 0.674. The monoisotopic (exact) mass is 392 g/mol. The van der Waals surface area contributed by atoms with Crippen LogP contribution in [-0.4, -0.2) is 29.6 Å². The summed E-state index contributed by atoms with van der Waals surface area (Å²) >= 11 is 9.32. The van der Waals surface area contributed by atoms with Gasteiger partial charge in [0.15, 0.2) is 4.80 Å². The quantitative estimate of drug-likeness (QED) is 0.643. The molecular formula is C18H17ClN2O2S2. The number of hydrogen-bond acceptors (Lipinski definition) is 4. The second kappa shape index (κ2) is 8.08. The van der Waals surface area contributed by atoms with E-state index in [1.807, 2.05) is 24.3 Å². The second-order valence-corrected chi connectivity index (χ2v) is 7.69. The summed E-state index contributed by atoms with van der Waals surface area (Å²) in [4.78, 5) is 17.7. The Bertz CT molecular complexity index is 979. The van der Waals surface area contributed by atoms with Crippen molar-refractivity contribution in [1.29, 1.82) is 0 Å². The number of carbonyl (C=O) groups excluding carboxylic acids is 1. The predicted molar refractivity (Wildman–Crippen MR) is 106 cm³/mol. The van der Waals surface area contributed by atoms with E-state index in [1.54, 1.807) is 37.1 Å². The number of hydrogen-bond donors (Lipinski definition) is 0. The largest absolute Gasteiger partial charge is 0.496 e. The summed E-state index contributed by atoms with van der Waals surface area (Å²) in [5.74, 6) is 1.15. The first kappa shape index (κ1) is 18.0. The van der Waals surface area contributed by atoms with E-state index in [4.69, 9.17) is 16.3 Å². The van der Waals surface area contributed by atoms with E-state index in [2.05, 4.69) is 15.8 Å². The highest BCUT2D eigenvalue weighted by Crippen LogP contribution is 2.23. The summed E-state index contributed by atoms with van der Waals surface area (Å²) in [7, 11) is 1.55. The van der Waals surface area contributed by atoms with Gasteiger partial charge in [-0.2, -0.15) is 16.8 Å². The van der Waals surface area contributed by atoms with Crippen LogP contribution in [0.1, 0.15) is 10.4 Å². The second-order valence-electron chi connectivity index (χ2n) is 5.26. The van der Waals surface area contributed by atoms with Gasteiger partial charge in [0.1, 0.15) is 5.75 Å². The summed E-state index contributed by atoms with van der Waals surface area (Å²) < 4.78 is 8.35. The molecule has 2 aromatic carbocycles. The molecule has 4 nitrogen and oxygen atoms in total. The number of halogens is 1. The lowest BCUT2D eigenvalue weighted by molar-refractivity contribution is 0.0995. The zero-order chi connectivity index (χ0) is 17.8. The fourth-order valence-corrected chi connectivity index (χ4v) is 4.20. The highest BCUT2D eigenvalue weighted by molar-refractivity contribution is 7.98. The minimum absolute atomic E-state index is 0.312. The molecule has 0 aliphatic carbocycles. The van der Waals surface area contributed by atoms with E-state index in [9.17, 15) is 4.79 Å². The Labute approximate surface area is 159 Å². The van der Waals surface area contributed by atoms with E-state index in [1.165, 1.54) is 11.3 Å². The van der Waals surface area contributed by atoms with Crippen molar-refractivity contribution < 1.29 is 9.53 Å². The molecule has 0 aliphatic heterocycles. The van der Waals surface area contributed by atoms with E-state index < -0.39 is 0 Å². The Kier molecular flexibility index (Phi) is 5.83. The van der Waals surface area contributed by atoms with Crippen LogP contribution in [0.25, 0.3) is 10.2 Å². The molecule has 0 unspecified atom stereocenters. The molecule has 3 aromatic rings. The number of carbonyl (C=O) groups is 1. The van der Waals surface area contributed by atoms with Gasteiger partial charge in [0.05, 0.1) is 22.9 Å². The lowest BCUT2D eigenvalue weighted by Gasteiger charge is -2.05. The van der Waals surface area contributed by atoms with Crippen LogP contribution in [0.4, 0.5) is 0 Å². The van der Waals surface area contributed by atoms with E-state index in [0.717, 1.165) is 22.5 Å². The Morgan fingerprint density at radius 1 is 1.32 bits per heavy atom. The summed E-state index contributed by atoms with van der Waals surface area (Å²) in [5.41, 5.74) is 1.49. The Morgan fingerprint density at radius 3 is 2.88 bits per heavy atom. The fourth-order valence-electron chi connectivity index (χ4n) is 2.50. The first-order valence-electron chi connectivity index (χ1n) is 7.64. The van der Waals surface area contributed by atoms with Crippen LogP contribution in [-0.2, 0) is 6.54 Å². The van der Waals surface area contributed by atoms with Crippen LogP contribution < -0.4 is 9.54 Å². The smallest absolute Gasteiger partial charge is 0.283 e. The van der Waals surface area contributed by atoms with Gasteiger partial charge in [-0.25, -0.2) is 0 Å². The maximum Gasteiger partial charge on any atom is 0.283 e. The van der Waals surface area contributed by atoms with Crippen LogP contribution in [0.5, 0.6) is 5.75 Å². The molecule has 0 N–H and O–H groups in total. The van der Waals surface area contributed by atoms with Gasteiger partial charge in [-0.1, -0.05) is 35.1 Å². The van der Waals surface area contributed by atoms with Crippen molar-refractivity contribution in [3.8, 4) is 5.75 Å². The van der Waals surface area contributed by atoms with E-state index in [0.29, 0.717) is 21.1 Å². The third-order valence-electron chi connectivity index (χ3n) is 3.70. The Balaban J connectivity index is 2.12. The number of rotatable bonds is 5. The molecule has 25 heavy (non-hydrogen) atoms. The van der Waals surface area contributed by atoms with Crippen molar-refractivity contribution in [3.63, 3.8) is 0 Å². The number of para-hydroxylation sites is 1. The SMILES string of the molecule is COc1ccccc1C(=O)N=c1sc2cc(Cl)ccc2n1CCSC. The van der Waals surface area contributed by atoms with Crippen molar-refractivity contribution in [2.24, 2.45) is 4.99 Å².